The van der Waals surface area contributed by atoms with Gasteiger partial charge in [-0.2, -0.15) is 0 Å². The summed E-state index contributed by atoms with van der Waals surface area (Å²) in [4.78, 5) is 6.72. The van der Waals surface area contributed by atoms with E-state index in [1.165, 1.54) is 0 Å². The third-order valence-electron chi connectivity index (χ3n) is 1.02. The maximum absolute atomic E-state index is 11.5. The van der Waals surface area contributed by atoms with Crippen LogP contribution in [0, 0.1) is 0 Å². The molecule has 4 heteroatoms. The van der Waals surface area contributed by atoms with Crippen LogP contribution in [0.4, 0.5) is 4.39 Å². The molecule has 0 aliphatic heterocycles. The number of alkyl halides is 1. The molecule has 0 saturated heterocycles. The van der Waals surface area contributed by atoms with Gasteiger partial charge < -0.3 is 9.72 Å². The van der Waals surface area contributed by atoms with Gasteiger partial charge in [-0.15, -0.1) is 0 Å². The summed E-state index contributed by atoms with van der Waals surface area (Å²) < 4.78 is 16.3. The Balaban J connectivity index is 2.15. The molecule has 1 aromatic heterocycles. The number of hydrogen-bond acceptors (Lipinski definition) is 2. The van der Waals surface area contributed by atoms with Crippen molar-refractivity contribution >= 4 is 0 Å². The molecule has 0 bridgehead atoms. The van der Waals surface area contributed by atoms with Crippen LogP contribution in [0.15, 0.2) is 12.4 Å². The number of hydrogen-bond donors (Lipinski definition) is 1. The van der Waals surface area contributed by atoms with Gasteiger partial charge in [0.15, 0.2) is 0 Å². The van der Waals surface area contributed by atoms with E-state index >= 15 is 0 Å². The van der Waals surface area contributed by atoms with Gasteiger partial charge in [-0.25, -0.2) is 9.37 Å². The highest BCUT2D eigenvalue weighted by Gasteiger charge is 1.92. The summed E-state index contributed by atoms with van der Waals surface area (Å²) in [5.74, 6) is 0.730. The minimum Gasteiger partial charge on any atom is -0.371 e. The van der Waals surface area contributed by atoms with Crippen LogP contribution < -0.4 is 0 Å². The number of nitrogens with zero attached hydrogens (tertiary/aromatic N) is 1. The summed E-state index contributed by atoms with van der Waals surface area (Å²) in [5, 5.41) is 0. The zero-order valence-corrected chi connectivity index (χ0v) is 5.51. The van der Waals surface area contributed by atoms with E-state index in [2.05, 4.69) is 9.97 Å². The van der Waals surface area contributed by atoms with Gasteiger partial charge in [-0.05, 0) is 0 Å². The van der Waals surface area contributed by atoms with Gasteiger partial charge in [0.25, 0.3) is 0 Å². The summed E-state index contributed by atoms with van der Waals surface area (Å²) in [6, 6.07) is 0. The third-order valence-corrected chi connectivity index (χ3v) is 1.02. The van der Waals surface area contributed by atoms with Gasteiger partial charge >= 0.3 is 0 Å². The van der Waals surface area contributed by atoms with E-state index < -0.39 is 6.67 Å². The van der Waals surface area contributed by atoms with Crippen molar-refractivity contribution in [3.63, 3.8) is 0 Å². The smallest absolute Gasteiger partial charge is 0.132 e. The molecule has 0 saturated carbocycles. The van der Waals surface area contributed by atoms with Gasteiger partial charge in [-0.1, -0.05) is 0 Å². The highest BCUT2D eigenvalue weighted by Crippen LogP contribution is 1.90. The van der Waals surface area contributed by atoms with Crippen molar-refractivity contribution in [1.29, 1.82) is 0 Å². The predicted octanol–water partition coefficient (Wildman–Crippen LogP) is 0.896. The van der Waals surface area contributed by atoms with Crippen LogP contribution in [-0.4, -0.2) is 23.2 Å². The fraction of sp³-hybridized carbons (Fsp3) is 0.500. The Hall–Kier alpha value is -0.900. The van der Waals surface area contributed by atoms with E-state index in [-0.39, 0.29) is 6.61 Å². The molecule has 0 amide bonds. The van der Waals surface area contributed by atoms with Crippen LogP contribution in [0.5, 0.6) is 0 Å². The second-order valence-electron chi connectivity index (χ2n) is 1.78. The molecule has 0 atom stereocenters. The minimum atomic E-state index is -0.444. The number of aromatic nitrogens is 2. The lowest BCUT2D eigenvalue weighted by Gasteiger charge is -1.95. The van der Waals surface area contributed by atoms with Gasteiger partial charge in [0.2, 0.25) is 0 Å². The molecule has 0 aliphatic carbocycles. The van der Waals surface area contributed by atoms with Crippen molar-refractivity contribution in [2.45, 2.75) is 6.61 Å². The van der Waals surface area contributed by atoms with E-state index in [4.69, 9.17) is 4.74 Å². The first-order chi connectivity index (χ1) is 4.93. The zero-order valence-electron chi connectivity index (χ0n) is 5.51. The fourth-order valence-corrected chi connectivity index (χ4v) is 0.600. The first kappa shape index (κ1) is 7.21. The van der Waals surface area contributed by atoms with Crippen LogP contribution in [0.25, 0.3) is 0 Å². The summed E-state index contributed by atoms with van der Waals surface area (Å²) in [6.07, 6.45) is 3.34. The second kappa shape index (κ2) is 4.00. The third kappa shape index (κ3) is 2.14. The average molecular weight is 144 g/mol. The quantitative estimate of drug-likeness (QED) is 0.637. The molecule has 0 unspecified atom stereocenters. The summed E-state index contributed by atoms with van der Waals surface area (Å²) >= 11 is 0. The van der Waals surface area contributed by atoms with E-state index in [1.807, 2.05) is 0 Å². The molecule has 0 radical (unpaired) electrons. The Bertz CT molecular complexity index is 164. The standard InChI is InChI=1S/C6H9FN2O/c7-1-4-10-5-6-8-2-3-9-6/h2-3H,1,4-5H2,(H,8,9). The Kier molecular flexibility index (Phi) is 2.89. The monoisotopic (exact) mass is 144 g/mol. The maximum atomic E-state index is 11.5. The molecule has 0 aliphatic rings. The number of nitrogens with one attached hydrogen (secondary N) is 1. The summed E-state index contributed by atoms with van der Waals surface area (Å²) in [6.45, 7) is 0.0539. The van der Waals surface area contributed by atoms with Gasteiger partial charge in [0.1, 0.15) is 19.1 Å². The molecule has 1 rings (SSSR count). The first-order valence-corrected chi connectivity index (χ1v) is 3.05. The van der Waals surface area contributed by atoms with E-state index in [9.17, 15) is 4.39 Å². The first-order valence-electron chi connectivity index (χ1n) is 3.05. The van der Waals surface area contributed by atoms with Crippen molar-refractivity contribution in [2.24, 2.45) is 0 Å². The van der Waals surface area contributed by atoms with Crippen molar-refractivity contribution in [2.75, 3.05) is 13.3 Å². The Morgan fingerprint density at radius 3 is 3.20 bits per heavy atom. The van der Waals surface area contributed by atoms with Crippen LogP contribution >= 0.6 is 0 Å². The van der Waals surface area contributed by atoms with Gasteiger partial charge in [0.05, 0.1) is 6.61 Å². The molecule has 1 N–H and O–H groups in total. The lowest BCUT2D eigenvalue weighted by Crippen LogP contribution is -1.97. The molecule has 56 valence electrons. The molecule has 1 aromatic rings. The predicted molar refractivity (Wildman–Crippen MR) is 34.2 cm³/mol. The normalized spacial score (nSPS) is 10.1. The van der Waals surface area contributed by atoms with Crippen LogP contribution in [0.3, 0.4) is 0 Å². The molecule has 0 aromatic carbocycles. The number of aromatic amines is 1. The maximum Gasteiger partial charge on any atom is 0.132 e. The Morgan fingerprint density at radius 2 is 2.60 bits per heavy atom. The molecular formula is C6H9FN2O. The molecule has 3 nitrogen and oxygen atoms in total. The number of ether oxygens (including phenoxy) is 1. The Labute approximate surface area is 58.2 Å². The fourth-order valence-electron chi connectivity index (χ4n) is 0.600. The highest BCUT2D eigenvalue weighted by molar-refractivity contribution is 4.83. The number of H-pyrrole nitrogens is 1. The van der Waals surface area contributed by atoms with E-state index in [0.29, 0.717) is 6.61 Å². The van der Waals surface area contributed by atoms with Crippen molar-refractivity contribution < 1.29 is 9.13 Å². The number of rotatable bonds is 4. The van der Waals surface area contributed by atoms with Crippen molar-refractivity contribution in [3.8, 4) is 0 Å². The molecule has 0 fully saturated rings. The highest BCUT2D eigenvalue weighted by atomic mass is 19.1. The Morgan fingerprint density at radius 1 is 1.70 bits per heavy atom. The molecule has 0 spiro atoms. The van der Waals surface area contributed by atoms with Crippen molar-refractivity contribution in [1.82, 2.24) is 9.97 Å². The number of halogens is 1. The second-order valence-corrected chi connectivity index (χ2v) is 1.78. The van der Waals surface area contributed by atoms with E-state index in [1.54, 1.807) is 12.4 Å². The van der Waals surface area contributed by atoms with E-state index in [0.717, 1.165) is 5.82 Å². The lowest BCUT2D eigenvalue weighted by molar-refractivity contribution is 0.102. The summed E-state index contributed by atoms with van der Waals surface area (Å²) in [5.41, 5.74) is 0. The average Bonchev–Trinajstić information content (AvgIpc) is 2.41. The lowest BCUT2D eigenvalue weighted by atomic mass is 10.6. The van der Waals surface area contributed by atoms with Crippen LogP contribution in [-0.2, 0) is 11.3 Å². The van der Waals surface area contributed by atoms with Crippen LogP contribution in [0.2, 0.25) is 0 Å². The topological polar surface area (TPSA) is 37.9 Å². The molecule has 10 heavy (non-hydrogen) atoms. The van der Waals surface area contributed by atoms with Crippen LogP contribution in [0.1, 0.15) is 5.82 Å². The number of imidazole rings is 1. The SMILES string of the molecule is FCCOCc1ncc[nH]1. The minimum absolute atomic E-state index is 0.140. The summed E-state index contributed by atoms with van der Waals surface area (Å²) in [7, 11) is 0. The molecular weight excluding hydrogens is 135 g/mol. The largest absolute Gasteiger partial charge is 0.371 e. The molecule has 1 heterocycles. The zero-order chi connectivity index (χ0) is 7.23. The van der Waals surface area contributed by atoms with Gasteiger partial charge in [0, 0.05) is 12.4 Å². The van der Waals surface area contributed by atoms with Gasteiger partial charge in [-0.3, -0.25) is 0 Å². The van der Waals surface area contributed by atoms with Crippen molar-refractivity contribution in [3.05, 3.63) is 18.2 Å².